The third-order valence-electron chi connectivity index (χ3n) is 3.85. The van der Waals surface area contributed by atoms with Crippen molar-refractivity contribution < 1.29 is 14.4 Å². The lowest BCUT2D eigenvalue weighted by Gasteiger charge is -2.08. The highest BCUT2D eigenvalue weighted by atomic mass is 79.9. The van der Waals surface area contributed by atoms with Crippen molar-refractivity contribution in [2.24, 2.45) is 0 Å². The van der Waals surface area contributed by atoms with Crippen LogP contribution in [0, 0.1) is 0 Å². The molecule has 0 saturated carbocycles. The van der Waals surface area contributed by atoms with E-state index in [9.17, 15) is 14.4 Å². The minimum Gasteiger partial charge on any atom is -0.352 e. The summed E-state index contributed by atoms with van der Waals surface area (Å²) in [7, 11) is 0. The van der Waals surface area contributed by atoms with E-state index in [1.807, 2.05) is 24.3 Å². The Morgan fingerprint density at radius 1 is 0.964 bits per heavy atom. The molecule has 1 heterocycles. The zero-order chi connectivity index (χ0) is 19.9. The van der Waals surface area contributed by atoms with E-state index in [0.29, 0.717) is 11.4 Å². The van der Waals surface area contributed by atoms with Crippen LogP contribution in [-0.2, 0) is 16.0 Å². The standard InChI is InChI=1S/C19H18BrN5O3/c20-13-7-5-12(6-8-13)19(28)21-10-9-17(26)24-25-18(27)11-16-22-14-3-1-2-4-15(14)23-16/h1-8H,9-11H2,(H,21,28)(H,22,23)(H,24,26)(H,25,27). The molecule has 0 saturated heterocycles. The molecule has 144 valence electrons. The lowest BCUT2D eigenvalue weighted by molar-refractivity contribution is -0.128. The second-order valence-electron chi connectivity index (χ2n) is 5.99. The SMILES string of the molecule is O=C(CCNC(=O)c1ccc(Br)cc1)NNC(=O)Cc1nc2ccccc2[nH]1. The van der Waals surface area contributed by atoms with Crippen LogP contribution in [0.4, 0.5) is 0 Å². The quantitative estimate of drug-likeness (QED) is 0.434. The molecule has 28 heavy (non-hydrogen) atoms. The maximum Gasteiger partial charge on any atom is 0.251 e. The van der Waals surface area contributed by atoms with E-state index >= 15 is 0 Å². The molecule has 8 nitrogen and oxygen atoms in total. The van der Waals surface area contributed by atoms with E-state index < -0.39 is 11.8 Å². The van der Waals surface area contributed by atoms with Crippen LogP contribution < -0.4 is 16.2 Å². The Morgan fingerprint density at radius 3 is 2.43 bits per heavy atom. The third kappa shape index (κ3) is 5.40. The van der Waals surface area contributed by atoms with Crippen molar-refractivity contribution in [1.29, 1.82) is 0 Å². The number of nitrogens with zero attached hydrogens (tertiary/aromatic N) is 1. The lowest BCUT2D eigenvalue weighted by atomic mass is 10.2. The van der Waals surface area contributed by atoms with Gasteiger partial charge in [0.25, 0.3) is 5.91 Å². The molecule has 4 N–H and O–H groups in total. The van der Waals surface area contributed by atoms with Gasteiger partial charge in [0.2, 0.25) is 11.8 Å². The number of nitrogens with one attached hydrogen (secondary N) is 4. The molecule has 9 heteroatoms. The first-order valence-electron chi connectivity index (χ1n) is 8.56. The van der Waals surface area contributed by atoms with Crippen molar-refractivity contribution in [3.05, 3.63) is 64.4 Å². The number of aromatic amines is 1. The second kappa shape index (κ2) is 9.14. The molecule has 2 aromatic carbocycles. The molecule has 0 unspecified atom stereocenters. The first-order chi connectivity index (χ1) is 13.5. The van der Waals surface area contributed by atoms with Crippen molar-refractivity contribution in [2.45, 2.75) is 12.8 Å². The van der Waals surface area contributed by atoms with Crippen LogP contribution >= 0.6 is 15.9 Å². The lowest BCUT2D eigenvalue weighted by Crippen LogP contribution is -2.43. The van der Waals surface area contributed by atoms with E-state index in [1.165, 1.54) is 0 Å². The van der Waals surface area contributed by atoms with Crippen molar-refractivity contribution in [3.8, 4) is 0 Å². The summed E-state index contributed by atoms with van der Waals surface area (Å²) in [6.45, 7) is 0.153. The molecule has 1 aromatic heterocycles. The topological polar surface area (TPSA) is 116 Å². The largest absolute Gasteiger partial charge is 0.352 e. The average Bonchev–Trinajstić information content (AvgIpc) is 3.09. The Kier molecular flexibility index (Phi) is 6.38. The van der Waals surface area contributed by atoms with Crippen molar-refractivity contribution in [3.63, 3.8) is 0 Å². The first kappa shape index (κ1) is 19.6. The molecule has 0 aliphatic carbocycles. The number of fused-ring (bicyclic) bond motifs is 1. The third-order valence-corrected chi connectivity index (χ3v) is 4.38. The minimum absolute atomic E-state index is 0.00919. The maximum absolute atomic E-state index is 11.9. The second-order valence-corrected chi connectivity index (χ2v) is 6.90. The highest BCUT2D eigenvalue weighted by molar-refractivity contribution is 9.10. The van der Waals surface area contributed by atoms with Gasteiger partial charge >= 0.3 is 0 Å². The van der Waals surface area contributed by atoms with Gasteiger partial charge in [-0.05, 0) is 36.4 Å². The van der Waals surface area contributed by atoms with Gasteiger partial charge < -0.3 is 10.3 Å². The number of amides is 3. The molecule has 0 spiro atoms. The number of hydrogen-bond acceptors (Lipinski definition) is 4. The highest BCUT2D eigenvalue weighted by Gasteiger charge is 2.10. The Morgan fingerprint density at radius 2 is 1.68 bits per heavy atom. The zero-order valence-corrected chi connectivity index (χ0v) is 16.4. The van der Waals surface area contributed by atoms with E-state index in [0.717, 1.165) is 15.5 Å². The number of carbonyl (C=O) groups excluding carboxylic acids is 3. The number of H-pyrrole nitrogens is 1. The van der Waals surface area contributed by atoms with Gasteiger partial charge in [-0.3, -0.25) is 25.2 Å². The number of hydrazine groups is 1. The van der Waals surface area contributed by atoms with Gasteiger partial charge in [-0.15, -0.1) is 0 Å². The molecule has 0 fully saturated rings. The van der Waals surface area contributed by atoms with E-state index in [2.05, 4.69) is 42.1 Å². The molecule has 3 rings (SSSR count). The zero-order valence-electron chi connectivity index (χ0n) is 14.8. The van der Waals surface area contributed by atoms with Gasteiger partial charge in [0.15, 0.2) is 0 Å². The maximum atomic E-state index is 11.9. The monoisotopic (exact) mass is 443 g/mol. The summed E-state index contributed by atoms with van der Waals surface area (Å²) in [6.07, 6.45) is 0.0441. The van der Waals surface area contributed by atoms with Crippen LogP contribution in [0.3, 0.4) is 0 Å². The molecule has 0 bridgehead atoms. The fraction of sp³-hybridized carbons (Fsp3) is 0.158. The van der Waals surface area contributed by atoms with Crippen molar-refractivity contribution in [1.82, 2.24) is 26.1 Å². The summed E-state index contributed by atoms with van der Waals surface area (Å²) in [5, 5.41) is 2.65. The Hall–Kier alpha value is -3.20. The molecule has 0 atom stereocenters. The van der Waals surface area contributed by atoms with Gasteiger partial charge in [-0.25, -0.2) is 4.98 Å². The normalized spacial score (nSPS) is 10.5. The summed E-state index contributed by atoms with van der Waals surface area (Å²) in [4.78, 5) is 43.0. The Balaban J connectivity index is 1.37. The number of rotatable bonds is 6. The van der Waals surface area contributed by atoms with E-state index in [-0.39, 0.29) is 25.3 Å². The fourth-order valence-corrected chi connectivity index (χ4v) is 2.74. The predicted octanol–water partition coefficient (Wildman–Crippen LogP) is 1.84. The fourth-order valence-electron chi connectivity index (χ4n) is 2.48. The number of halogens is 1. The van der Waals surface area contributed by atoms with Crippen LogP contribution in [0.1, 0.15) is 22.6 Å². The molecule has 0 radical (unpaired) electrons. The number of para-hydroxylation sites is 2. The van der Waals surface area contributed by atoms with Gasteiger partial charge in [-0.2, -0.15) is 0 Å². The van der Waals surface area contributed by atoms with Crippen molar-refractivity contribution >= 4 is 44.7 Å². The summed E-state index contributed by atoms with van der Waals surface area (Å²) in [6, 6.07) is 14.3. The van der Waals surface area contributed by atoms with E-state index in [1.54, 1.807) is 24.3 Å². The molecule has 0 aliphatic heterocycles. The van der Waals surface area contributed by atoms with Crippen LogP contribution in [0.25, 0.3) is 11.0 Å². The molecule has 3 amide bonds. The van der Waals surface area contributed by atoms with E-state index in [4.69, 9.17) is 0 Å². The van der Waals surface area contributed by atoms with Gasteiger partial charge in [0.1, 0.15) is 5.82 Å². The number of benzene rings is 2. The van der Waals surface area contributed by atoms with Crippen LogP contribution in [-0.4, -0.2) is 34.2 Å². The average molecular weight is 444 g/mol. The van der Waals surface area contributed by atoms with Gasteiger partial charge in [0, 0.05) is 23.0 Å². The van der Waals surface area contributed by atoms with Gasteiger partial charge in [0.05, 0.1) is 17.5 Å². The highest BCUT2D eigenvalue weighted by Crippen LogP contribution is 2.11. The van der Waals surface area contributed by atoms with Crippen LogP contribution in [0.2, 0.25) is 0 Å². The minimum atomic E-state index is -0.408. The molecule has 0 aliphatic rings. The number of hydrogen-bond donors (Lipinski definition) is 4. The van der Waals surface area contributed by atoms with Crippen LogP contribution in [0.15, 0.2) is 53.0 Å². The summed E-state index contributed by atoms with van der Waals surface area (Å²) >= 11 is 3.30. The molecular formula is C19H18BrN5O3. The molecular weight excluding hydrogens is 426 g/mol. The number of carbonyl (C=O) groups is 3. The van der Waals surface area contributed by atoms with Gasteiger partial charge in [-0.1, -0.05) is 28.1 Å². The van der Waals surface area contributed by atoms with Crippen LogP contribution in [0.5, 0.6) is 0 Å². The van der Waals surface area contributed by atoms with Crippen molar-refractivity contribution in [2.75, 3.05) is 6.54 Å². The predicted molar refractivity (Wildman–Crippen MR) is 107 cm³/mol. The summed E-state index contributed by atoms with van der Waals surface area (Å²) in [5.41, 5.74) is 6.77. The smallest absolute Gasteiger partial charge is 0.251 e. The Bertz CT molecular complexity index is 967. The first-order valence-corrected chi connectivity index (χ1v) is 9.35. The number of imidazole rings is 1. The number of aromatic nitrogens is 2. The summed E-state index contributed by atoms with van der Waals surface area (Å²) in [5.74, 6) is -0.565. The Labute approximate surface area is 169 Å². The summed E-state index contributed by atoms with van der Waals surface area (Å²) < 4.78 is 0.877. The molecule has 3 aromatic rings.